The van der Waals surface area contributed by atoms with Crippen molar-refractivity contribution in [1.82, 2.24) is 10.3 Å². The monoisotopic (exact) mass is 252 g/mol. The Kier molecular flexibility index (Phi) is 2.76. The lowest BCUT2D eigenvalue weighted by Crippen LogP contribution is -2.17. The largest absolute Gasteiger partial charge is 0.436 e. The van der Waals surface area contributed by atoms with Crippen molar-refractivity contribution >= 4 is 17.0 Å². The number of nitrogens with one attached hydrogen (secondary N) is 1. The van der Waals surface area contributed by atoms with Crippen LogP contribution < -0.4 is 5.32 Å². The number of rotatable bonds is 2. The first-order valence-electron chi connectivity index (χ1n) is 5.96. The summed E-state index contributed by atoms with van der Waals surface area (Å²) >= 11 is 0. The molecule has 0 bridgehead atoms. The van der Waals surface area contributed by atoms with Crippen molar-refractivity contribution in [1.29, 1.82) is 0 Å². The molecule has 3 aromatic rings. The van der Waals surface area contributed by atoms with Crippen LogP contribution in [0.15, 0.2) is 52.9 Å². The maximum absolute atomic E-state index is 11.5. The van der Waals surface area contributed by atoms with Crippen molar-refractivity contribution in [2.24, 2.45) is 0 Å². The van der Waals surface area contributed by atoms with E-state index in [4.69, 9.17) is 4.42 Å². The minimum atomic E-state index is -0.107. The van der Waals surface area contributed by atoms with Gasteiger partial charge in [0.05, 0.1) is 0 Å². The third-order valence-electron chi connectivity index (χ3n) is 2.91. The van der Waals surface area contributed by atoms with E-state index >= 15 is 0 Å². The molecule has 4 heteroatoms. The van der Waals surface area contributed by atoms with E-state index in [2.05, 4.69) is 10.3 Å². The number of carbonyl (C=O) groups is 1. The van der Waals surface area contributed by atoms with Crippen molar-refractivity contribution in [3.63, 3.8) is 0 Å². The summed E-state index contributed by atoms with van der Waals surface area (Å²) < 4.78 is 5.67. The third-order valence-corrected chi connectivity index (χ3v) is 2.91. The third kappa shape index (κ3) is 2.08. The van der Waals surface area contributed by atoms with E-state index in [0.717, 1.165) is 16.7 Å². The number of benzene rings is 2. The van der Waals surface area contributed by atoms with Crippen LogP contribution in [0.3, 0.4) is 0 Å². The minimum Gasteiger partial charge on any atom is -0.436 e. The summed E-state index contributed by atoms with van der Waals surface area (Å²) in [5, 5.41) is 2.58. The number of hydrogen-bond donors (Lipinski definition) is 1. The molecule has 1 aromatic heterocycles. The first kappa shape index (κ1) is 11.5. The zero-order valence-electron chi connectivity index (χ0n) is 10.4. The van der Waals surface area contributed by atoms with Gasteiger partial charge in [0.1, 0.15) is 5.52 Å². The van der Waals surface area contributed by atoms with E-state index in [1.165, 1.54) is 0 Å². The van der Waals surface area contributed by atoms with Crippen LogP contribution in [-0.2, 0) is 0 Å². The summed E-state index contributed by atoms with van der Waals surface area (Å²) in [5.74, 6) is 0.453. The Morgan fingerprint density at radius 1 is 1.11 bits per heavy atom. The van der Waals surface area contributed by atoms with Gasteiger partial charge in [-0.05, 0) is 36.4 Å². The molecule has 0 radical (unpaired) electrons. The average molecular weight is 252 g/mol. The number of hydrogen-bond acceptors (Lipinski definition) is 3. The normalized spacial score (nSPS) is 10.6. The van der Waals surface area contributed by atoms with Gasteiger partial charge in [0, 0.05) is 18.2 Å². The fourth-order valence-electron chi connectivity index (χ4n) is 1.90. The molecule has 0 unspecified atom stereocenters. The summed E-state index contributed by atoms with van der Waals surface area (Å²) in [6.07, 6.45) is 0. The highest BCUT2D eigenvalue weighted by atomic mass is 16.3. The molecule has 0 saturated heterocycles. The SMILES string of the molecule is CNC(=O)c1ccc(-c2nc3ccccc3o2)cc1. The van der Waals surface area contributed by atoms with Crippen molar-refractivity contribution in [3.8, 4) is 11.5 Å². The Balaban J connectivity index is 1.99. The van der Waals surface area contributed by atoms with E-state index in [-0.39, 0.29) is 5.91 Å². The molecule has 2 aromatic carbocycles. The van der Waals surface area contributed by atoms with Crippen molar-refractivity contribution in [2.75, 3.05) is 7.05 Å². The van der Waals surface area contributed by atoms with Gasteiger partial charge in [-0.3, -0.25) is 4.79 Å². The van der Waals surface area contributed by atoms with Crippen molar-refractivity contribution in [2.45, 2.75) is 0 Å². The smallest absolute Gasteiger partial charge is 0.251 e. The molecule has 0 aliphatic heterocycles. The van der Waals surface area contributed by atoms with E-state index in [1.807, 2.05) is 36.4 Å². The molecule has 1 amide bonds. The summed E-state index contributed by atoms with van der Waals surface area (Å²) in [7, 11) is 1.61. The van der Waals surface area contributed by atoms with Crippen LogP contribution in [-0.4, -0.2) is 17.9 Å². The standard InChI is InChI=1S/C15H12N2O2/c1-16-14(18)10-6-8-11(9-7-10)15-17-12-4-2-3-5-13(12)19-15/h2-9H,1H3,(H,16,18). The van der Waals surface area contributed by atoms with Gasteiger partial charge in [-0.25, -0.2) is 4.98 Å². The van der Waals surface area contributed by atoms with Crippen LogP contribution in [0, 0.1) is 0 Å². The molecular formula is C15H12N2O2. The Bertz CT molecular complexity index is 696. The maximum atomic E-state index is 11.5. The zero-order valence-corrected chi connectivity index (χ0v) is 10.4. The Labute approximate surface area is 110 Å². The fourth-order valence-corrected chi connectivity index (χ4v) is 1.90. The molecule has 0 aliphatic carbocycles. The molecule has 0 spiro atoms. The topological polar surface area (TPSA) is 55.1 Å². The molecule has 1 heterocycles. The van der Waals surface area contributed by atoms with Gasteiger partial charge in [-0.1, -0.05) is 12.1 Å². The summed E-state index contributed by atoms with van der Waals surface area (Å²) in [5.41, 5.74) is 3.05. The highest BCUT2D eigenvalue weighted by molar-refractivity contribution is 5.94. The number of oxazole rings is 1. The van der Waals surface area contributed by atoms with E-state index in [9.17, 15) is 4.79 Å². The van der Waals surface area contributed by atoms with E-state index in [1.54, 1.807) is 19.2 Å². The van der Waals surface area contributed by atoms with Crippen molar-refractivity contribution < 1.29 is 9.21 Å². The Morgan fingerprint density at radius 2 is 1.84 bits per heavy atom. The highest BCUT2D eigenvalue weighted by Gasteiger charge is 2.08. The Hall–Kier alpha value is -2.62. The predicted molar refractivity (Wildman–Crippen MR) is 72.8 cm³/mol. The first-order valence-corrected chi connectivity index (χ1v) is 5.96. The molecule has 0 fully saturated rings. The number of aromatic nitrogens is 1. The lowest BCUT2D eigenvalue weighted by molar-refractivity contribution is 0.0963. The molecule has 94 valence electrons. The zero-order chi connectivity index (χ0) is 13.2. The molecule has 0 aliphatic rings. The number of carbonyl (C=O) groups excluding carboxylic acids is 1. The number of para-hydroxylation sites is 2. The van der Waals surface area contributed by atoms with Gasteiger partial charge in [0.25, 0.3) is 5.91 Å². The van der Waals surface area contributed by atoms with Gasteiger partial charge in [0.15, 0.2) is 5.58 Å². The second kappa shape index (κ2) is 4.57. The van der Waals surface area contributed by atoms with Crippen LogP contribution in [0.4, 0.5) is 0 Å². The summed E-state index contributed by atoms with van der Waals surface area (Å²) in [6, 6.07) is 14.8. The average Bonchev–Trinajstić information content (AvgIpc) is 2.90. The van der Waals surface area contributed by atoms with E-state index in [0.29, 0.717) is 11.5 Å². The van der Waals surface area contributed by atoms with Crippen LogP contribution >= 0.6 is 0 Å². The fraction of sp³-hybridized carbons (Fsp3) is 0.0667. The van der Waals surface area contributed by atoms with Crippen LogP contribution in [0.2, 0.25) is 0 Å². The van der Waals surface area contributed by atoms with E-state index < -0.39 is 0 Å². The predicted octanol–water partition coefficient (Wildman–Crippen LogP) is 2.85. The summed E-state index contributed by atoms with van der Waals surface area (Å²) in [4.78, 5) is 15.9. The number of nitrogens with zero attached hydrogens (tertiary/aromatic N) is 1. The number of amides is 1. The molecule has 0 atom stereocenters. The molecule has 1 N–H and O–H groups in total. The van der Waals surface area contributed by atoms with Crippen LogP contribution in [0.1, 0.15) is 10.4 Å². The summed E-state index contributed by atoms with van der Waals surface area (Å²) in [6.45, 7) is 0. The van der Waals surface area contributed by atoms with Gasteiger partial charge in [-0.2, -0.15) is 0 Å². The minimum absolute atomic E-state index is 0.107. The first-order chi connectivity index (χ1) is 9.28. The van der Waals surface area contributed by atoms with Gasteiger partial charge >= 0.3 is 0 Å². The van der Waals surface area contributed by atoms with Gasteiger partial charge < -0.3 is 9.73 Å². The number of fused-ring (bicyclic) bond motifs is 1. The Morgan fingerprint density at radius 3 is 2.53 bits per heavy atom. The molecule has 4 nitrogen and oxygen atoms in total. The molecule has 3 rings (SSSR count). The molecule has 19 heavy (non-hydrogen) atoms. The lowest BCUT2D eigenvalue weighted by Gasteiger charge is -2.00. The maximum Gasteiger partial charge on any atom is 0.251 e. The van der Waals surface area contributed by atoms with Crippen LogP contribution in [0.25, 0.3) is 22.6 Å². The quantitative estimate of drug-likeness (QED) is 0.763. The van der Waals surface area contributed by atoms with Crippen LogP contribution in [0.5, 0.6) is 0 Å². The molecule has 0 saturated carbocycles. The second-order valence-corrected chi connectivity index (χ2v) is 4.14. The van der Waals surface area contributed by atoms with Gasteiger partial charge in [-0.15, -0.1) is 0 Å². The van der Waals surface area contributed by atoms with Gasteiger partial charge in [0.2, 0.25) is 5.89 Å². The highest BCUT2D eigenvalue weighted by Crippen LogP contribution is 2.24. The molecular weight excluding hydrogens is 240 g/mol. The second-order valence-electron chi connectivity index (χ2n) is 4.14. The van der Waals surface area contributed by atoms with Crippen molar-refractivity contribution in [3.05, 3.63) is 54.1 Å². The lowest BCUT2D eigenvalue weighted by atomic mass is 10.1.